The van der Waals surface area contributed by atoms with Gasteiger partial charge in [0, 0.05) is 13.1 Å². The van der Waals surface area contributed by atoms with Crippen LogP contribution in [0.25, 0.3) is 0 Å². The van der Waals surface area contributed by atoms with Crippen molar-refractivity contribution in [2.75, 3.05) is 24.2 Å². The molecule has 0 radical (unpaired) electrons. The molecule has 2 aromatic rings. The second-order valence-electron chi connectivity index (χ2n) is 6.31. The van der Waals surface area contributed by atoms with E-state index in [1.807, 2.05) is 13.8 Å². The van der Waals surface area contributed by atoms with E-state index in [0.717, 1.165) is 15.7 Å². The number of hydrogen-bond donors (Lipinski definition) is 1. The summed E-state index contributed by atoms with van der Waals surface area (Å²) in [6, 6.07) is 6.79. The molecule has 7 nitrogen and oxygen atoms in total. The zero-order valence-corrected chi connectivity index (χ0v) is 17.7. The van der Waals surface area contributed by atoms with Crippen LogP contribution in [0.1, 0.15) is 25.3 Å². The van der Waals surface area contributed by atoms with Gasteiger partial charge in [-0.2, -0.15) is 4.31 Å². The molecule has 0 spiro atoms. The van der Waals surface area contributed by atoms with Crippen LogP contribution in [0.5, 0.6) is 0 Å². The number of rotatable bonds is 6. The average molecular weight is 427 g/mol. The van der Waals surface area contributed by atoms with Crippen molar-refractivity contribution in [3.05, 3.63) is 29.8 Å². The lowest BCUT2D eigenvalue weighted by Crippen LogP contribution is -2.43. The molecule has 1 saturated heterocycles. The summed E-state index contributed by atoms with van der Waals surface area (Å²) in [7, 11) is -3.60. The minimum Gasteiger partial charge on any atom is -0.300 e. The summed E-state index contributed by atoms with van der Waals surface area (Å²) < 4.78 is 28.0. The highest BCUT2D eigenvalue weighted by molar-refractivity contribution is 8.01. The fourth-order valence-corrected chi connectivity index (χ4v) is 6.06. The van der Waals surface area contributed by atoms with Crippen molar-refractivity contribution in [1.82, 2.24) is 14.5 Å². The fraction of sp³-hybridized carbons (Fsp3) is 0.471. The second kappa shape index (κ2) is 8.68. The van der Waals surface area contributed by atoms with E-state index < -0.39 is 15.9 Å². The van der Waals surface area contributed by atoms with E-state index in [-0.39, 0.29) is 17.3 Å². The normalized spacial score (nSPS) is 18.4. The number of thioether (sulfide) groups is 1. The van der Waals surface area contributed by atoms with Crippen LogP contribution in [0.15, 0.2) is 33.5 Å². The molecule has 1 fully saturated rings. The van der Waals surface area contributed by atoms with Gasteiger partial charge in [-0.3, -0.25) is 4.79 Å². The number of benzene rings is 1. The van der Waals surface area contributed by atoms with Crippen LogP contribution in [0.2, 0.25) is 0 Å². The van der Waals surface area contributed by atoms with E-state index in [4.69, 9.17) is 0 Å². The molecule has 0 unspecified atom stereocenters. The van der Waals surface area contributed by atoms with Crippen LogP contribution in [0, 0.1) is 12.8 Å². The molecule has 1 aromatic carbocycles. The Morgan fingerprint density at radius 2 is 2.07 bits per heavy atom. The van der Waals surface area contributed by atoms with Crippen molar-refractivity contribution in [2.45, 2.75) is 35.9 Å². The number of carbonyl (C=O) groups is 1. The third kappa shape index (κ3) is 4.87. The maximum Gasteiger partial charge on any atom is 0.243 e. The molecule has 1 atom stereocenters. The van der Waals surface area contributed by atoms with Gasteiger partial charge in [-0.05, 0) is 37.7 Å². The first-order valence-corrected chi connectivity index (χ1v) is 12.0. The Morgan fingerprint density at radius 1 is 1.33 bits per heavy atom. The maximum atomic E-state index is 12.9. The molecule has 0 bridgehead atoms. The molecule has 2 heterocycles. The Labute approximate surface area is 167 Å². The van der Waals surface area contributed by atoms with Gasteiger partial charge in [0.2, 0.25) is 21.1 Å². The van der Waals surface area contributed by atoms with E-state index in [1.165, 1.54) is 15.6 Å². The predicted molar refractivity (Wildman–Crippen MR) is 108 cm³/mol. The molecule has 3 rings (SSSR count). The molecule has 0 aliphatic carbocycles. The zero-order chi connectivity index (χ0) is 19.4. The van der Waals surface area contributed by atoms with Crippen molar-refractivity contribution in [1.29, 1.82) is 0 Å². The van der Waals surface area contributed by atoms with E-state index in [1.54, 1.807) is 36.0 Å². The predicted octanol–water partition coefficient (Wildman–Crippen LogP) is 3.00. The van der Waals surface area contributed by atoms with Crippen LogP contribution < -0.4 is 5.32 Å². The van der Waals surface area contributed by atoms with Crippen molar-refractivity contribution in [3.63, 3.8) is 0 Å². The SMILES string of the molecule is CCSc1nnc(NC(=O)[C@@H]2CCCN(S(=O)(=O)c3ccc(C)cc3)C2)s1. The van der Waals surface area contributed by atoms with E-state index >= 15 is 0 Å². The Morgan fingerprint density at radius 3 is 2.78 bits per heavy atom. The first-order chi connectivity index (χ1) is 12.9. The molecule has 1 aromatic heterocycles. The number of nitrogens with one attached hydrogen (secondary N) is 1. The smallest absolute Gasteiger partial charge is 0.243 e. The number of piperidine rings is 1. The lowest BCUT2D eigenvalue weighted by atomic mass is 9.99. The summed E-state index contributed by atoms with van der Waals surface area (Å²) in [6.07, 6.45) is 1.30. The van der Waals surface area contributed by atoms with Crippen molar-refractivity contribution in [3.8, 4) is 0 Å². The Balaban J connectivity index is 1.67. The third-order valence-corrected chi connectivity index (χ3v) is 8.05. The van der Waals surface area contributed by atoms with Gasteiger partial charge in [-0.15, -0.1) is 10.2 Å². The summed E-state index contributed by atoms with van der Waals surface area (Å²) in [5.41, 5.74) is 1.00. The Bertz CT molecular complexity index is 896. The van der Waals surface area contributed by atoms with Gasteiger partial charge < -0.3 is 5.32 Å². The van der Waals surface area contributed by atoms with Crippen molar-refractivity contribution >= 4 is 44.2 Å². The van der Waals surface area contributed by atoms with Gasteiger partial charge in [0.15, 0.2) is 4.34 Å². The largest absolute Gasteiger partial charge is 0.300 e. The van der Waals surface area contributed by atoms with Crippen LogP contribution in [-0.2, 0) is 14.8 Å². The van der Waals surface area contributed by atoms with Crippen LogP contribution >= 0.6 is 23.1 Å². The molecule has 27 heavy (non-hydrogen) atoms. The van der Waals surface area contributed by atoms with Gasteiger partial charge in [-0.25, -0.2) is 8.42 Å². The first-order valence-electron chi connectivity index (χ1n) is 8.74. The standard InChI is InChI=1S/C17H22N4O3S3/c1-3-25-17-20-19-16(26-17)18-15(22)13-5-4-10-21(11-13)27(23,24)14-8-6-12(2)7-9-14/h6-9,13H,3-5,10-11H2,1-2H3,(H,18,19,22)/t13-/m1/s1. The summed E-state index contributed by atoms with van der Waals surface area (Å²) in [5.74, 6) is 0.282. The van der Waals surface area contributed by atoms with Gasteiger partial charge in [0.05, 0.1) is 10.8 Å². The maximum absolute atomic E-state index is 12.9. The van der Waals surface area contributed by atoms with Gasteiger partial charge in [0.1, 0.15) is 0 Å². The molecule has 1 aliphatic rings. The minimum atomic E-state index is -3.60. The van der Waals surface area contributed by atoms with E-state index in [9.17, 15) is 13.2 Å². The number of nitrogens with zero attached hydrogens (tertiary/aromatic N) is 3. The minimum absolute atomic E-state index is 0.178. The number of hydrogen-bond acceptors (Lipinski definition) is 7. The number of anilines is 1. The van der Waals surface area contributed by atoms with Crippen molar-refractivity contribution < 1.29 is 13.2 Å². The topological polar surface area (TPSA) is 92.3 Å². The molecule has 1 aliphatic heterocycles. The summed E-state index contributed by atoms with van der Waals surface area (Å²) in [5, 5.41) is 11.2. The van der Waals surface area contributed by atoms with E-state index in [0.29, 0.717) is 24.5 Å². The number of aryl methyl sites for hydroxylation is 1. The van der Waals surface area contributed by atoms with Crippen LogP contribution in [0.4, 0.5) is 5.13 Å². The average Bonchev–Trinajstić information content (AvgIpc) is 3.09. The highest BCUT2D eigenvalue weighted by atomic mass is 32.2. The molecular formula is C17H22N4O3S3. The third-order valence-electron chi connectivity index (χ3n) is 4.32. The molecule has 1 N–H and O–H groups in total. The number of amides is 1. The second-order valence-corrected chi connectivity index (χ2v) is 10.7. The van der Waals surface area contributed by atoms with E-state index in [2.05, 4.69) is 15.5 Å². The fourth-order valence-electron chi connectivity index (χ4n) is 2.88. The lowest BCUT2D eigenvalue weighted by molar-refractivity contribution is -0.120. The van der Waals surface area contributed by atoms with Gasteiger partial charge in [-0.1, -0.05) is 47.7 Å². The highest BCUT2D eigenvalue weighted by Crippen LogP contribution is 2.28. The van der Waals surface area contributed by atoms with Crippen LogP contribution in [0.3, 0.4) is 0 Å². The lowest BCUT2D eigenvalue weighted by Gasteiger charge is -2.31. The number of sulfonamides is 1. The Kier molecular flexibility index (Phi) is 6.51. The zero-order valence-electron chi connectivity index (χ0n) is 15.2. The Hall–Kier alpha value is -1.49. The van der Waals surface area contributed by atoms with Crippen molar-refractivity contribution in [2.24, 2.45) is 5.92 Å². The van der Waals surface area contributed by atoms with Crippen LogP contribution in [-0.4, -0.2) is 47.7 Å². The number of carbonyl (C=O) groups excluding carboxylic acids is 1. The number of aromatic nitrogens is 2. The quantitative estimate of drug-likeness (QED) is 0.564. The molecule has 1 amide bonds. The summed E-state index contributed by atoms with van der Waals surface area (Å²) >= 11 is 2.90. The highest BCUT2D eigenvalue weighted by Gasteiger charge is 2.33. The van der Waals surface area contributed by atoms with Gasteiger partial charge >= 0.3 is 0 Å². The molecule has 0 saturated carbocycles. The first kappa shape index (κ1) is 20.2. The monoisotopic (exact) mass is 426 g/mol. The van der Waals surface area contributed by atoms with Gasteiger partial charge in [0.25, 0.3) is 0 Å². The molecule has 10 heteroatoms. The summed E-state index contributed by atoms with van der Waals surface area (Å²) in [6.45, 7) is 4.54. The molecular weight excluding hydrogens is 404 g/mol. The molecule has 146 valence electrons. The summed E-state index contributed by atoms with van der Waals surface area (Å²) in [4.78, 5) is 12.9.